The maximum Gasteiger partial charge on any atom is 0.264 e. The molecule has 0 spiro atoms. The summed E-state index contributed by atoms with van der Waals surface area (Å²) in [7, 11) is -4.07. The number of fused-ring (bicyclic) bond motifs is 3. The third-order valence-corrected chi connectivity index (χ3v) is 12.1. The Morgan fingerprint density at radius 3 is 2.63 bits per heavy atom. The zero-order valence-electron chi connectivity index (χ0n) is 26.3. The minimum atomic E-state index is -4.07. The highest BCUT2D eigenvalue weighted by Gasteiger charge is 2.38. The number of allylic oxidation sites excluding steroid dienone is 1. The molecule has 46 heavy (non-hydrogen) atoms. The maximum atomic E-state index is 13.9. The first-order valence-electron chi connectivity index (χ1n) is 16.4. The van der Waals surface area contributed by atoms with Crippen LogP contribution in [0.4, 0.5) is 5.69 Å². The van der Waals surface area contributed by atoms with Crippen molar-refractivity contribution in [1.82, 2.24) is 4.72 Å². The molecule has 7 nitrogen and oxygen atoms in total. The summed E-state index contributed by atoms with van der Waals surface area (Å²) in [6.07, 6.45) is 8.59. The molecule has 2 heterocycles. The lowest BCUT2D eigenvalue weighted by Gasteiger charge is -2.42. The third-order valence-electron chi connectivity index (χ3n) is 10.00. The monoisotopic (exact) mass is 662 g/mol. The number of carbonyl (C=O) groups excluding carboxylic acids is 1. The van der Waals surface area contributed by atoms with Crippen molar-refractivity contribution < 1.29 is 23.1 Å². The molecule has 3 aromatic carbocycles. The summed E-state index contributed by atoms with van der Waals surface area (Å²) in [5.41, 5.74) is 4.15. The Bertz CT molecular complexity index is 1680. The fourth-order valence-electron chi connectivity index (χ4n) is 7.09. The van der Waals surface area contributed by atoms with E-state index in [4.69, 9.17) is 16.3 Å². The number of carbonyl (C=O) groups is 1. The number of aliphatic hydroxyl groups is 1. The predicted molar refractivity (Wildman–Crippen MR) is 183 cm³/mol. The van der Waals surface area contributed by atoms with Gasteiger partial charge < -0.3 is 14.7 Å². The van der Waals surface area contributed by atoms with Gasteiger partial charge in [0.1, 0.15) is 12.4 Å². The summed E-state index contributed by atoms with van der Waals surface area (Å²) >= 11 is 6.33. The zero-order valence-corrected chi connectivity index (χ0v) is 27.8. The second-order valence-corrected chi connectivity index (χ2v) is 15.5. The van der Waals surface area contributed by atoms with Gasteiger partial charge in [-0.1, -0.05) is 67.1 Å². The molecule has 2 bridgehead atoms. The SMILES string of the molecule is CC1C/C=C/[C@H](O)[C@@H]2CCC2CN2CCCCc3cc(Cl)ccc3COc3ccc(cc32)C(=O)NS(=O)(=O)[C@H]1Cc1ccccc1. The summed E-state index contributed by atoms with van der Waals surface area (Å²) in [5.74, 6) is 0.0802. The molecule has 1 aliphatic carbocycles. The maximum absolute atomic E-state index is 13.9. The number of aliphatic hydroxyl groups excluding tert-OH is 1. The van der Waals surface area contributed by atoms with E-state index in [9.17, 15) is 18.3 Å². The van der Waals surface area contributed by atoms with Crippen LogP contribution >= 0.6 is 11.6 Å². The van der Waals surface area contributed by atoms with Crippen molar-refractivity contribution in [2.75, 3.05) is 18.0 Å². The number of ether oxygens (including phenoxy) is 1. The summed E-state index contributed by atoms with van der Waals surface area (Å²) in [4.78, 5) is 16.0. The van der Waals surface area contributed by atoms with Crippen LogP contribution in [0.25, 0.3) is 0 Å². The molecule has 1 amide bonds. The number of anilines is 1. The van der Waals surface area contributed by atoms with Gasteiger partial charge in [0.25, 0.3) is 5.91 Å². The molecule has 2 aliphatic heterocycles. The van der Waals surface area contributed by atoms with Crippen LogP contribution in [0.5, 0.6) is 5.75 Å². The highest BCUT2D eigenvalue weighted by atomic mass is 35.5. The van der Waals surface area contributed by atoms with Crippen molar-refractivity contribution in [1.29, 1.82) is 0 Å². The van der Waals surface area contributed by atoms with E-state index in [1.807, 2.05) is 67.6 Å². The Hall–Kier alpha value is -3.33. The minimum absolute atomic E-state index is 0.115. The molecule has 0 saturated heterocycles. The number of sulfonamides is 1. The number of rotatable bonds is 2. The first-order valence-corrected chi connectivity index (χ1v) is 18.3. The van der Waals surface area contributed by atoms with Crippen LogP contribution in [0, 0.1) is 17.8 Å². The van der Waals surface area contributed by atoms with Gasteiger partial charge in [0.2, 0.25) is 10.0 Å². The molecule has 1 saturated carbocycles. The van der Waals surface area contributed by atoms with Gasteiger partial charge in [-0.25, -0.2) is 13.1 Å². The molecular weight excluding hydrogens is 620 g/mol. The van der Waals surface area contributed by atoms with Crippen LogP contribution in [-0.2, 0) is 29.5 Å². The molecule has 2 unspecified atom stereocenters. The van der Waals surface area contributed by atoms with Crippen molar-refractivity contribution in [3.8, 4) is 5.75 Å². The third kappa shape index (κ3) is 7.45. The summed E-state index contributed by atoms with van der Waals surface area (Å²) in [6, 6.07) is 20.6. The lowest BCUT2D eigenvalue weighted by Crippen LogP contribution is -2.44. The largest absolute Gasteiger partial charge is 0.487 e. The molecule has 9 heteroatoms. The van der Waals surface area contributed by atoms with E-state index in [1.165, 1.54) is 5.56 Å². The van der Waals surface area contributed by atoms with Crippen LogP contribution in [0.2, 0.25) is 5.02 Å². The van der Waals surface area contributed by atoms with Gasteiger partial charge in [0, 0.05) is 23.7 Å². The van der Waals surface area contributed by atoms with E-state index < -0.39 is 27.3 Å². The van der Waals surface area contributed by atoms with Gasteiger partial charge >= 0.3 is 0 Å². The highest BCUT2D eigenvalue weighted by Crippen LogP contribution is 2.41. The Morgan fingerprint density at radius 2 is 1.85 bits per heavy atom. The fraction of sp³-hybridized carbons (Fsp3) is 0.432. The van der Waals surface area contributed by atoms with Gasteiger partial charge in [0.15, 0.2) is 0 Å². The highest BCUT2D eigenvalue weighted by molar-refractivity contribution is 7.90. The van der Waals surface area contributed by atoms with Crippen molar-refractivity contribution in [3.05, 3.63) is 106 Å². The quantitative estimate of drug-likeness (QED) is 0.296. The first kappa shape index (κ1) is 32.6. The molecule has 0 aromatic heterocycles. The van der Waals surface area contributed by atoms with Gasteiger partial charge in [-0.05, 0) is 110 Å². The number of hydrogen-bond acceptors (Lipinski definition) is 6. The van der Waals surface area contributed by atoms with Crippen LogP contribution < -0.4 is 14.4 Å². The summed E-state index contributed by atoms with van der Waals surface area (Å²) < 4.78 is 36.6. The Morgan fingerprint density at radius 1 is 1.02 bits per heavy atom. The minimum Gasteiger partial charge on any atom is -0.487 e. The van der Waals surface area contributed by atoms with Crippen LogP contribution in [0.1, 0.15) is 66.1 Å². The molecule has 5 atom stereocenters. The van der Waals surface area contributed by atoms with Gasteiger partial charge in [0.05, 0.1) is 17.0 Å². The van der Waals surface area contributed by atoms with Crippen molar-refractivity contribution in [2.24, 2.45) is 17.8 Å². The molecule has 1 fully saturated rings. The normalized spacial score (nSPS) is 27.4. The zero-order chi connectivity index (χ0) is 32.3. The molecule has 0 radical (unpaired) electrons. The molecule has 244 valence electrons. The van der Waals surface area contributed by atoms with Crippen molar-refractivity contribution >= 4 is 33.2 Å². The molecule has 6 rings (SSSR count). The Balaban J connectivity index is 1.38. The summed E-state index contributed by atoms with van der Waals surface area (Å²) in [5, 5.41) is 11.1. The van der Waals surface area contributed by atoms with E-state index in [1.54, 1.807) is 18.2 Å². The topological polar surface area (TPSA) is 95.9 Å². The number of amides is 1. The number of benzene rings is 3. The summed E-state index contributed by atoms with van der Waals surface area (Å²) in [6.45, 7) is 3.69. The average Bonchev–Trinajstić information content (AvgIpc) is 3.04. The van der Waals surface area contributed by atoms with E-state index >= 15 is 0 Å². The first-order chi connectivity index (χ1) is 22.2. The second-order valence-electron chi connectivity index (χ2n) is 13.1. The average molecular weight is 663 g/mol. The van der Waals surface area contributed by atoms with Crippen LogP contribution in [0.15, 0.2) is 78.9 Å². The Kier molecular flexibility index (Phi) is 10.1. The number of halogens is 1. The second kappa shape index (κ2) is 14.2. The van der Waals surface area contributed by atoms with Crippen LogP contribution in [-0.4, -0.2) is 43.9 Å². The number of hydrogen-bond donors (Lipinski definition) is 2. The van der Waals surface area contributed by atoms with Crippen molar-refractivity contribution in [3.63, 3.8) is 0 Å². The standard InChI is InChI=1S/C37H43ClN2O5S/c1-25-8-7-12-34(41)32-17-14-29(32)23-40-19-6-5-11-27-21-31(38)16-13-30(27)24-45-35-18-15-28(22-33(35)40)37(42)39-46(43,44)36(25)20-26-9-3-2-4-10-26/h2-4,7,9-10,12-13,15-16,18,21-22,25,29,32,34,36,41H,5-6,8,11,14,17,19-20,23-24H2,1H3,(H,39,42)/b12-7+/t25?,29?,32-,34+,36+/m1/s1. The Labute approximate surface area is 277 Å². The van der Waals surface area contributed by atoms with E-state index in [-0.39, 0.29) is 29.7 Å². The van der Waals surface area contributed by atoms with Gasteiger partial charge in [-0.15, -0.1) is 0 Å². The molecule has 2 N–H and O–H groups in total. The van der Waals surface area contributed by atoms with Gasteiger partial charge in [-0.2, -0.15) is 0 Å². The van der Waals surface area contributed by atoms with Gasteiger partial charge in [-0.3, -0.25) is 4.79 Å². The fourth-order valence-corrected chi connectivity index (χ4v) is 8.94. The smallest absolute Gasteiger partial charge is 0.264 e. The lowest BCUT2D eigenvalue weighted by atomic mass is 9.70. The molecule has 3 aliphatic rings. The number of nitrogens with zero attached hydrogens (tertiary/aromatic N) is 1. The predicted octanol–water partition coefficient (Wildman–Crippen LogP) is 6.72. The number of aryl methyl sites for hydroxylation is 1. The number of nitrogens with one attached hydrogen (secondary N) is 1. The van der Waals surface area contributed by atoms with Crippen molar-refractivity contribution in [2.45, 2.75) is 69.8 Å². The van der Waals surface area contributed by atoms with E-state index in [0.717, 1.165) is 55.5 Å². The lowest BCUT2D eigenvalue weighted by molar-refractivity contribution is 0.0461. The van der Waals surface area contributed by atoms with E-state index in [0.29, 0.717) is 30.3 Å². The van der Waals surface area contributed by atoms with E-state index in [2.05, 4.69) is 9.62 Å². The molecular formula is C37H43ClN2O5S. The molecule has 3 aromatic rings. The van der Waals surface area contributed by atoms with Crippen LogP contribution in [0.3, 0.4) is 0 Å².